The van der Waals surface area contributed by atoms with Gasteiger partial charge in [-0.2, -0.15) is 0 Å². The SMILES string of the molecule is C=C1C=C2C(CC1)C(C)C(OC(C)=O)CC2C(C)C(OC(C)=O)C(=O)C=C(C)C. The van der Waals surface area contributed by atoms with Crippen molar-refractivity contribution in [2.45, 2.75) is 73.0 Å². The predicted octanol–water partition coefficient (Wildman–Crippen LogP) is 4.57. The van der Waals surface area contributed by atoms with Gasteiger partial charge in [0.05, 0.1) is 0 Å². The van der Waals surface area contributed by atoms with Gasteiger partial charge in [-0.05, 0) is 56.9 Å². The Morgan fingerprint density at radius 3 is 2.38 bits per heavy atom. The third-order valence-corrected chi connectivity index (χ3v) is 6.14. The van der Waals surface area contributed by atoms with Gasteiger partial charge < -0.3 is 9.47 Å². The van der Waals surface area contributed by atoms with Crippen LogP contribution in [-0.2, 0) is 23.9 Å². The molecule has 5 heteroatoms. The maximum atomic E-state index is 12.8. The Hall–Kier alpha value is -2.17. The molecule has 6 unspecified atom stereocenters. The summed E-state index contributed by atoms with van der Waals surface area (Å²) < 4.78 is 11.1. The Morgan fingerprint density at radius 1 is 1.17 bits per heavy atom. The number of carbonyl (C=O) groups is 3. The summed E-state index contributed by atoms with van der Waals surface area (Å²) in [6.45, 7) is 14.6. The fourth-order valence-electron chi connectivity index (χ4n) is 4.80. The van der Waals surface area contributed by atoms with Gasteiger partial charge in [0.1, 0.15) is 6.10 Å². The summed E-state index contributed by atoms with van der Waals surface area (Å²) in [4.78, 5) is 36.3. The van der Waals surface area contributed by atoms with E-state index in [4.69, 9.17) is 9.47 Å². The van der Waals surface area contributed by atoms with E-state index in [9.17, 15) is 14.4 Å². The molecule has 5 nitrogen and oxygen atoms in total. The zero-order valence-corrected chi connectivity index (χ0v) is 18.5. The molecule has 0 aliphatic heterocycles. The lowest BCUT2D eigenvalue weighted by Gasteiger charge is -2.46. The van der Waals surface area contributed by atoms with Crippen molar-refractivity contribution < 1.29 is 23.9 Å². The van der Waals surface area contributed by atoms with Crippen LogP contribution in [-0.4, -0.2) is 29.9 Å². The summed E-state index contributed by atoms with van der Waals surface area (Å²) in [5.74, 6) is -0.787. The van der Waals surface area contributed by atoms with Crippen molar-refractivity contribution in [1.29, 1.82) is 0 Å². The van der Waals surface area contributed by atoms with Crippen LogP contribution in [0, 0.1) is 23.7 Å². The number of ether oxygens (including phenoxy) is 2. The first kappa shape index (κ1) is 23.1. The molecule has 2 rings (SSSR count). The van der Waals surface area contributed by atoms with Crippen LogP contribution < -0.4 is 0 Å². The first-order chi connectivity index (χ1) is 13.5. The maximum Gasteiger partial charge on any atom is 0.303 e. The molecule has 0 bridgehead atoms. The minimum absolute atomic E-state index is 0.0311. The molecule has 1 saturated carbocycles. The molecule has 2 aliphatic carbocycles. The molecule has 0 aromatic heterocycles. The van der Waals surface area contributed by atoms with Crippen molar-refractivity contribution in [1.82, 2.24) is 0 Å². The molecule has 0 aromatic rings. The van der Waals surface area contributed by atoms with Gasteiger partial charge in [0.25, 0.3) is 0 Å². The molecule has 160 valence electrons. The zero-order valence-electron chi connectivity index (χ0n) is 18.5. The minimum atomic E-state index is -0.865. The highest BCUT2D eigenvalue weighted by Crippen LogP contribution is 2.48. The van der Waals surface area contributed by atoms with E-state index in [0.717, 1.165) is 24.0 Å². The van der Waals surface area contributed by atoms with Gasteiger partial charge >= 0.3 is 11.9 Å². The van der Waals surface area contributed by atoms with Gasteiger partial charge in [-0.3, -0.25) is 14.4 Å². The van der Waals surface area contributed by atoms with Gasteiger partial charge in [0, 0.05) is 19.8 Å². The normalized spacial score (nSPS) is 28.3. The fourth-order valence-corrected chi connectivity index (χ4v) is 4.80. The summed E-state index contributed by atoms with van der Waals surface area (Å²) in [5.41, 5.74) is 3.18. The van der Waals surface area contributed by atoms with Gasteiger partial charge in [-0.25, -0.2) is 0 Å². The van der Waals surface area contributed by atoms with Gasteiger partial charge in [-0.1, -0.05) is 43.2 Å². The Kier molecular flexibility index (Phi) is 7.61. The summed E-state index contributed by atoms with van der Waals surface area (Å²) >= 11 is 0. The van der Waals surface area contributed by atoms with Crippen molar-refractivity contribution in [2.75, 3.05) is 0 Å². The molecular weight excluding hydrogens is 368 g/mol. The molecule has 0 saturated heterocycles. The van der Waals surface area contributed by atoms with Crippen molar-refractivity contribution in [3.63, 3.8) is 0 Å². The molecule has 0 spiro atoms. The van der Waals surface area contributed by atoms with E-state index < -0.39 is 12.1 Å². The Bertz CT molecular complexity index is 740. The van der Waals surface area contributed by atoms with Gasteiger partial charge in [-0.15, -0.1) is 0 Å². The van der Waals surface area contributed by atoms with Crippen LogP contribution in [0.5, 0.6) is 0 Å². The lowest BCUT2D eigenvalue weighted by Crippen LogP contribution is -2.46. The highest BCUT2D eigenvalue weighted by atomic mass is 16.5. The van der Waals surface area contributed by atoms with Crippen LogP contribution in [0.1, 0.15) is 60.8 Å². The molecule has 0 amide bonds. The molecule has 2 aliphatic rings. The number of allylic oxidation sites excluding steroid dienone is 4. The molecule has 0 aromatic carbocycles. The van der Waals surface area contributed by atoms with E-state index >= 15 is 0 Å². The monoisotopic (exact) mass is 402 g/mol. The van der Waals surface area contributed by atoms with E-state index in [1.807, 2.05) is 20.8 Å². The second-order valence-corrected chi connectivity index (χ2v) is 8.81. The van der Waals surface area contributed by atoms with Crippen molar-refractivity contribution >= 4 is 17.7 Å². The average molecular weight is 403 g/mol. The topological polar surface area (TPSA) is 69.7 Å². The smallest absolute Gasteiger partial charge is 0.303 e. The molecule has 0 N–H and O–H groups in total. The maximum absolute atomic E-state index is 12.8. The molecule has 1 fully saturated rings. The largest absolute Gasteiger partial charge is 0.462 e. The van der Waals surface area contributed by atoms with Gasteiger partial charge in [0.15, 0.2) is 11.9 Å². The summed E-state index contributed by atoms with van der Waals surface area (Å²) in [6, 6.07) is 0. The Balaban J connectivity index is 2.42. The van der Waals surface area contributed by atoms with E-state index in [-0.39, 0.29) is 41.5 Å². The van der Waals surface area contributed by atoms with Gasteiger partial charge in [0.2, 0.25) is 0 Å². The zero-order chi connectivity index (χ0) is 21.9. The number of fused-ring (bicyclic) bond motifs is 1. The second kappa shape index (κ2) is 9.55. The molecule has 0 heterocycles. The van der Waals surface area contributed by atoms with Crippen LogP contribution in [0.4, 0.5) is 0 Å². The summed E-state index contributed by atoms with van der Waals surface area (Å²) in [6.07, 6.45) is 5.07. The molecular formula is C24H34O5. The van der Waals surface area contributed by atoms with Crippen LogP contribution in [0.25, 0.3) is 0 Å². The Labute approximate surface area is 174 Å². The fraction of sp³-hybridized carbons (Fsp3) is 0.625. The quantitative estimate of drug-likeness (QED) is 0.481. The highest BCUT2D eigenvalue weighted by molar-refractivity contribution is 5.95. The Morgan fingerprint density at radius 2 is 1.83 bits per heavy atom. The average Bonchev–Trinajstić information content (AvgIpc) is 2.60. The number of rotatable bonds is 6. The summed E-state index contributed by atoms with van der Waals surface area (Å²) in [5, 5.41) is 0. The van der Waals surface area contributed by atoms with Crippen molar-refractivity contribution in [3.05, 3.63) is 35.5 Å². The third-order valence-electron chi connectivity index (χ3n) is 6.14. The molecule has 0 radical (unpaired) electrons. The highest BCUT2D eigenvalue weighted by Gasteiger charge is 2.46. The first-order valence-corrected chi connectivity index (χ1v) is 10.4. The first-order valence-electron chi connectivity index (χ1n) is 10.4. The van der Waals surface area contributed by atoms with Crippen LogP contribution in [0.2, 0.25) is 0 Å². The number of carbonyl (C=O) groups excluding carboxylic acids is 3. The molecule has 6 atom stereocenters. The second-order valence-electron chi connectivity index (χ2n) is 8.81. The number of esters is 2. The van der Waals surface area contributed by atoms with Crippen LogP contribution >= 0.6 is 0 Å². The third kappa shape index (κ3) is 5.68. The van der Waals surface area contributed by atoms with Crippen molar-refractivity contribution in [3.8, 4) is 0 Å². The van der Waals surface area contributed by atoms with Crippen molar-refractivity contribution in [2.24, 2.45) is 23.7 Å². The number of ketones is 1. The predicted molar refractivity (Wildman–Crippen MR) is 112 cm³/mol. The van der Waals surface area contributed by atoms with Crippen LogP contribution in [0.15, 0.2) is 35.5 Å². The lowest BCUT2D eigenvalue weighted by atomic mass is 9.61. The standard InChI is InChI=1S/C24H34O5/c1-13(2)10-22(27)24(29-18(7)26)16(5)20-12-23(28-17(6)25)15(4)19-9-8-14(3)11-21(19)20/h10-11,15-16,19-20,23-24H,3,8-9,12H2,1-2,4-7H3. The van der Waals surface area contributed by atoms with E-state index in [1.54, 1.807) is 0 Å². The molecule has 29 heavy (non-hydrogen) atoms. The number of hydrogen-bond acceptors (Lipinski definition) is 5. The van der Waals surface area contributed by atoms with Crippen LogP contribution in [0.3, 0.4) is 0 Å². The number of hydrogen-bond donors (Lipinski definition) is 0. The van der Waals surface area contributed by atoms with E-state index in [1.165, 1.54) is 25.5 Å². The summed E-state index contributed by atoms with van der Waals surface area (Å²) in [7, 11) is 0. The minimum Gasteiger partial charge on any atom is -0.462 e. The lowest BCUT2D eigenvalue weighted by molar-refractivity contribution is -0.158. The van der Waals surface area contributed by atoms with E-state index in [2.05, 4.69) is 19.6 Å². The van der Waals surface area contributed by atoms with E-state index in [0.29, 0.717) is 6.42 Å².